The second-order valence-electron chi connectivity index (χ2n) is 11.0. The Kier molecular flexibility index (Phi) is 13.5. The number of hydrogen-bond acceptors (Lipinski definition) is 13. The lowest BCUT2D eigenvalue weighted by molar-refractivity contribution is -0.154. The van der Waals surface area contributed by atoms with Crippen LogP contribution in [-0.4, -0.2) is 91.4 Å². The summed E-state index contributed by atoms with van der Waals surface area (Å²) in [5.74, 6) is -3.15. The molecule has 0 spiro atoms. The van der Waals surface area contributed by atoms with Crippen molar-refractivity contribution in [2.45, 2.75) is 44.4 Å². The van der Waals surface area contributed by atoms with E-state index in [1.807, 2.05) is 12.1 Å². The fraction of sp³-hybridized carbons (Fsp3) is 0.406. The van der Waals surface area contributed by atoms with Gasteiger partial charge in [0.2, 0.25) is 11.9 Å². The minimum absolute atomic E-state index is 0.00407. The molecule has 1 aromatic heterocycles. The summed E-state index contributed by atoms with van der Waals surface area (Å²) in [6.45, 7) is -1.18. The summed E-state index contributed by atoms with van der Waals surface area (Å²) in [6, 6.07) is 9.58. The van der Waals surface area contributed by atoms with E-state index < -0.39 is 55.1 Å². The van der Waals surface area contributed by atoms with E-state index in [0.717, 1.165) is 31.9 Å². The van der Waals surface area contributed by atoms with Crippen molar-refractivity contribution in [2.24, 2.45) is 0 Å². The van der Waals surface area contributed by atoms with Gasteiger partial charge in [-0.05, 0) is 55.5 Å². The van der Waals surface area contributed by atoms with Gasteiger partial charge in [-0.3, -0.25) is 14.4 Å². The number of rotatable bonds is 7. The number of nitrogens with zero attached hydrogens (tertiary/aromatic N) is 3. The molecule has 16 nitrogen and oxygen atoms in total. The summed E-state index contributed by atoms with van der Waals surface area (Å²) >= 11 is 0. The molecule has 0 unspecified atom stereocenters. The van der Waals surface area contributed by atoms with Crippen molar-refractivity contribution < 1.29 is 51.3 Å². The molecule has 274 valence electrons. The maximum absolute atomic E-state index is 13.5. The number of nitrogens with one attached hydrogen (secondary N) is 5. The van der Waals surface area contributed by atoms with Crippen LogP contribution in [0.1, 0.15) is 41.6 Å². The predicted octanol–water partition coefficient (Wildman–Crippen LogP) is 2.63. The lowest BCUT2D eigenvalue weighted by Crippen LogP contribution is -2.51. The number of benzene rings is 2. The number of likely N-dealkylation sites (N-methyl/N-ethyl adjacent to an activating group) is 1. The smallest absolute Gasteiger partial charge is 0.422 e. The number of carbonyl (C=O) groups is 4. The highest BCUT2D eigenvalue weighted by Crippen LogP contribution is 2.27. The van der Waals surface area contributed by atoms with Gasteiger partial charge in [0.1, 0.15) is 17.5 Å². The summed E-state index contributed by atoms with van der Waals surface area (Å²) in [4.78, 5) is 61.6. The normalized spacial score (nSPS) is 14.1. The number of alkyl halides is 3. The highest BCUT2D eigenvalue weighted by molar-refractivity contribution is 6.35. The number of hydrogen-bond donors (Lipinski definition) is 5. The second-order valence-corrected chi connectivity index (χ2v) is 11.0. The number of amides is 3. The number of methoxy groups -OCH3 is 1. The number of halogens is 3. The molecule has 2 aromatic carbocycles. The first-order valence-corrected chi connectivity index (χ1v) is 15.8. The van der Waals surface area contributed by atoms with Crippen molar-refractivity contribution in [1.82, 2.24) is 30.9 Å². The zero-order chi connectivity index (χ0) is 36.8. The molecule has 5 rings (SSSR count). The standard InChI is InChI=1S/C32H37F3N8O8/c1-36-26(45)27(46)37-17-23(28(47)48-2)40-25(44)22-12-9-20-15-24(22)50-14-6-4-3-5-13-49-21-10-7-19(8-11-21)16-38-29-41-30(39-20)43-31(42-29)51-18-32(33,34)35/h7-12,15,23H,3-6,13-14,16-18H2,1-2H3,(H,36,45)(H,37,46)(H,40,44)(H2,38,39,41,42,43)/t23-/m0/s1. The van der Waals surface area contributed by atoms with Gasteiger partial charge in [-0.25, -0.2) is 4.79 Å². The number of esters is 1. The fourth-order valence-electron chi connectivity index (χ4n) is 4.51. The number of anilines is 3. The van der Waals surface area contributed by atoms with Gasteiger partial charge in [0.25, 0.3) is 5.91 Å². The van der Waals surface area contributed by atoms with Gasteiger partial charge < -0.3 is 45.5 Å². The van der Waals surface area contributed by atoms with Crippen molar-refractivity contribution in [3.63, 3.8) is 0 Å². The Hall–Kier alpha value is -5.88. The van der Waals surface area contributed by atoms with Gasteiger partial charge in [-0.2, -0.15) is 28.1 Å². The highest BCUT2D eigenvalue weighted by atomic mass is 19.4. The maximum Gasteiger partial charge on any atom is 0.422 e. The molecule has 2 aliphatic rings. The molecule has 1 atom stereocenters. The quantitative estimate of drug-likeness (QED) is 0.176. The van der Waals surface area contributed by atoms with E-state index in [-0.39, 0.29) is 42.0 Å². The molecule has 19 heteroatoms. The minimum Gasteiger partial charge on any atom is -0.494 e. The molecular weight excluding hydrogens is 681 g/mol. The van der Waals surface area contributed by atoms with Crippen molar-refractivity contribution in [3.8, 4) is 17.5 Å². The summed E-state index contributed by atoms with van der Waals surface area (Å²) in [5.41, 5.74) is 1.09. The molecule has 51 heavy (non-hydrogen) atoms. The summed E-state index contributed by atoms with van der Waals surface area (Å²) in [7, 11) is 2.35. The molecule has 2 aliphatic heterocycles. The average Bonchev–Trinajstić information content (AvgIpc) is 3.11. The van der Waals surface area contributed by atoms with Crippen LogP contribution in [0.2, 0.25) is 0 Å². The zero-order valence-corrected chi connectivity index (χ0v) is 27.7. The van der Waals surface area contributed by atoms with Crippen LogP contribution < -0.4 is 40.8 Å². The van der Waals surface area contributed by atoms with Crippen LogP contribution in [0.5, 0.6) is 17.5 Å². The second kappa shape index (κ2) is 18.2. The molecule has 3 amide bonds. The molecule has 0 aliphatic carbocycles. The van der Waals surface area contributed by atoms with Crippen molar-refractivity contribution in [1.29, 1.82) is 0 Å². The fourth-order valence-corrected chi connectivity index (χ4v) is 4.51. The van der Waals surface area contributed by atoms with Crippen LogP contribution >= 0.6 is 0 Å². The van der Waals surface area contributed by atoms with Gasteiger partial charge in [-0.1, -0.05) is 12.1 Å². The largest absolute Gasteiger partial charge is 0.494 e. The topological polar surface area (TPSA) is 204 Å². The number of aromatic nitrogens is 3. The van der Waals surface area contributed by atoms with Crippen molar-refractivity contribution >= 4 is 41.3 Å². The van der Waals surface area contributed by atoms with Crippen LogP contribution in [0.3, 0.4) is 0 Å². The Morgan fingerprint density at radius 3 is 2.31 bits per heavy atom. The molecule has 0 fully saturated rings. The van der Waals surface area contributed by atoms with E-state index in [1.165, 1.54) is 25.2 Å². The Balaban J connectivity index is 1.62. The summed E-state index contributed by atoms with van der Waals surface area (Å²) in [5, 5.41) is 12.7. The SMILES string of the molecule is CNC(=O)C(=O)NC[C@H](NC(=O)c1ccc2cc1OCCCCCCOc1ccc(cc1)CNc1nc(nc(OCC(F)(F)F)n1)N2)C(=O)OC. The monoisotopic (exact) mass is 718 g/mol. The predicted molar refractivity (Wildman–Crippen MR) is 175 cm³/mol. The molecule has 3 aromatic rings. The Morgan fingerprint density at radius 1 is 0.922 bits per heavy atom. The van der Waals surface area contributed by atoms with Crippen LogP contribution in [0.4, 0.5) is 30.8 Å². The minimum atomic E-state index is -4.65. The average molecular weight is 719 g/mol. The third kappa shape index (κ3) is 12.2. The first kappa shape index (κ1) is 37.9. The molecule has 0 saturated heterocycles. The Bertz CT molecular complexity index is 1680. The van der Waals surface area contributed by atoms with E-state index >= 15 is 0 Å². The Morgan fingerprint density at radius 2 is 1.63 bits per heavy atom. The summed E-state index contributed by atoms with van der Waals surface area (Å²) in [6.07, 6.45) is -1.60. The Labute approximate surface area is 290 Å². The summed E-state index contributed by atoms with van der Waals surface area (Å²) < 4.78 is 60.2. The van der Waals surface area contributed by atoms with E-state index in [9.17, 15) is 32.3 Å². The highest BCUT2D eigenvalue weighted by Gasteiger charge is 2.29. The molecule has 5 N–H and O–H groups in total. The van der Waals surface area contributed by atoms with Gasteiger partial charge in [0.15, 0.2) is 6.61 Å². The van der Waals surface area contributed by atoms with Crippen LogP contribution in [0.25, 0.3) is 0 Å². The number of ether oxygens (including phenoxy) is 4. The van der Waals surface area contributed by atoms with Crippen molar-refractivity contribution in [3.05, 3.63) is 53.6 Å². The number of carbonyl (C=O) groups excluding carboxylic acids is 4. The third-order valence-electron chi connectivity index (χ3n) is 7.09. The molecule has 0 radical (unpaired) electrons. The first-order chi connectivity index (χ1) is 24.4. The van der Waals surface area contributed by atoms with E-state index in [4.69, 9.17) is 18.9 Å². The van der Waals surface area contributed by atoms with Crippen LogP contribution in [0.15, 0.2) is 42.5 Å². The number of fused-ring (bicyclic) bond motifs is 10. The zero-order valence-electron chi connectivity index (χ0n) is 27.7. The molecule has 0 saturated carbocycles. The van der Waals surface area contributed by atoms with Crippen molar-refractivity contribution in [2.75, 3.05) is 51.2 Å². The van der Waals surface area contributed by atoms with Crippen LogP contribution in [0, 0.1) is 0 Å². The third-order valence-corrected chi connectivity index (χ3v) is 7.09. The van der Waals surface area contributed by atoms with Gasteiger partial charge in [-0.15, -0.1) is 0 Å². The first-order valence-electron chi connectivity index (χ1n) is 15.8. The van der Waals surface area contributed by atoms with E-state index in [1.54, 1.807) is 12.1 Å². The van der Waals surface area contributed by atoms with E-state index in [2.05, 4.69) is 41.5 Å². The molecule has 6 bridgehead atoms. The molecular formula is C32H37F3N8O8. The van der Waals surface area contributed by atoms with Gasteiger partial charge in [0, 0.05) is 31.9 Å². The maximum atomic E-state index is 13.5. The van der Waals surface area contributed by atoms with Crippen LogP contribution in [-0.2, 0) is 25.7 Å². The van der Waals surface area contributed by atoms with E-state index in [0.29, 0.717) is 18.8 Å². The van der Waals surface area contributed by atoms with Gasteiger partial charge >= 0.3 is 30.0 Å². The molecule has 3 heterocycles. The lowest BCUT2D eigenvalue weighted by Gasteiger charge is -2.19. The van der Waals surface area contributed by atoms with Gasteiger partial charge in [0.05, 0.1) is 25.9 Å². The lowest BCUT2D eigenvalue weighted by atomic mass is 10.1.